The Labute approximate surface area is 108 Å². The Kier molecular flexibility index (Phi) is 7.70. The molecule has 0 unspecified atom stereocenters. The molecule has 0 spiro atoms. The summed E-state index contributed by atoms with van der Waals surface area (Å²) in [5, 5.41) is 0. The van der Waals surface area contributed by atoms with Crippen LogP contribution in [0.4, 0.5) is 0 Å². The lowest BCUT2D eigenvalue weighted by atomic mass is 9.81. The van der Waals surface area contributed by atoms with E-state index in [0.717, 1.165) is 12.8 Å². The molecule has 1 rings (SSSR count). The van der Waals surface area contributed by atoms with Gasteiger partial charge in [0, 0.05) is 7.11 Å². The van der Waals surface area contributed by atoms with Crippen LogP contribution in [-0.2, 0) is 19.0 Å². The Hall–Kier alpha value is -0.360. The first-order valence-electron chi connectivity index (χ1n) is 5.60. The number of hydrogen-bond donors (Lipinski definition) is 1. The molecule has 17 heavy (non-hydrogen) atoms. The van der Waals surface area contributed by atoms with E-state index < -0.39 is 5.54 Å². The van der Waals surface area contributed by atoms with Gasteiger partial charge in [-0.25, -0.2) is 0 Å². The van der Waals surface area contributed by atoms with Crippen molar-refractivity contribution in [1.29, 1.82) is 0 Å². The predicted molar refractivity (Wildman–Crippen MR) is 66.3 cm³/mol. The SMILES string of the molecule is COCCOC1CCC(N)(C(=O)OC)CC1.Cl. The molecular formula is C11H22ClNO4. The van der Waals surface area contributed by atoms with E-state index in [0.29, 0.717) is 26.1 Å². The maximum Gasteiger partial charge on any atom is 0.325 e. The lowest BCUT2D eigenvalue weighted by molar-refractivity contribution is -0.149. The molecule has 0 amide bonds. The fourth-order valence-electron chi connectivity index (χ4n) is 1.98. The van der Waals surface area contributed by atoms with E-state index in [1.54, 1.807) is 7.11 Å². The van der Waals surface area contributed by atoms with Gasteiger partial charge in [-0.2, -0.15) is 0 Å². The van der Waals surface area contributed by atoms with Crippen LogP contribution in [-0.4, -0.2) is 45.0 Å². The molecule has 1 aliphatic rings. The van der Waals surface area contributed by atoms with Crippen LogP contribution in [0.25, 0.3) is 0 Å². The van der Waals surface area contributed by atoms with Gasteiger partial charge in [-0.15, -0.1) is 12.4 Å². The lowest BCUT2D eigenvalue weighted by Gasteiger charge is -2.34. The zero-order valence-electron chi connectivity index (χ0n) is 10.4. The van der Waals surface area contributed by atoms with E-state index in [4.69, 9.17) is 19.9 Å². The molecule has 0 aromatic carbocycles. The van der Waals surface area contributed by atoms with Gasteiger partial charge in [0.15, 0.2) is 0 Å². The fourth-order valence-corrected chi connectivity index (χ4v) is 1.98. The van der Waals surface area contributed by atoms with Gasteiger partial charge in [-0.1, -0.05) is 0 Å². The first kappa shape index (κ1) is 16.6. The van der Waals surface area contributed by atoms with Gasteiger partial charge >= 0.3 is 5.97 Å². The predicted octanol–water partition coefficient (Wildman–Crippen LogP) is 0.884. The van der Waals surface area contributed by atoms with Crippen LogP contribution in [0.5, 0.6) is 0 Å². The second-order valence-electron chi connectivity index (χ2n) is 4.21. The Balaban J connectivity index is 0.00000256. The summed E-state index contributed by atoms with van der Waals surface area (Å²) in [5.74, 6) is -0.317. The summed E-state index contributed by atoms with van der Waals surface area (Å²) in [6, 6.07) is 0. The zero-order chi connectivity index (χ0) is 12.0. The molecule has 2 N–H and O–H groups in total. The highest BCUT2D eigenvalue weighted by Gasteiger charge is 2.39. The quantitative estimate of drug-likeness (QED) is 0.592. The molecule has 0 radical (unpaired) electrons. The molecule has 0 aromatic heterocycles. The summed E-state index contributed by atoms with van der Waals surface area (Å²) in [6.07, 6.45) is 3.04. The van der Waals surface area contributed by atoms with Crippen LogP contribution in [0.15, 0.2) is 0 Å². The van der Waals surface area contributed by atoms with Crippen molar-refractivity contribution >= 4 is 18.4 Å². The Bertz CT molecular complexity index is 230. The van der Waals surface area contributed by atoms with Crippen molar-refractivity contribution in [3.05, 3.63) is 0 Å². The van der Waals surface area contributed by atoms with Gasteiger partial charge in [0.1, 0.15) is 5.54 Å². The van der Waals surface area contributed by atoms with Gasteiger partial charge in [0.05, 0.1) is 26.4 Å². The van der Waals surface area contributed by atoms with Gasteiger partial charge in [0.25, 0.3) is 0 Å². The molecule has 1 fully saturated rings. The van der Waals surface area contributed by atoms with Crippen molar-refractivity contribution in [2.75, 3.05) is 27.4 Å². The van der Waals surface area contributed by atoms with Crippen LogP contribution >= 0.6 is 12.4 Å². The third kappa shape index (κ3) is 4.79. The van der Waals surface area contributed by atoms with Crippen LogP contribution in [0.2, 0.25) is 0 Å². The minimum absolute atomic E-state index is 0. The Morgan fingerprint density at radius 3 is 2.35 bits per heavy atom. The third-order valence-corrected chi connectivity index (χ3v) is 3.06. The molecule has 0 atom stereocenters. The van der Waals surface area contributed by atoms with E-state index in [2.05, 4.69) is 0 Å². The molecule has 102 valence electrons. The van der Waals surface area contributed by atoms with Crippen molar-refractivity contribution in [2.45, 2.75) is 37.3 Å². The first-order chi connectivity index (χ1) is 7.62. The summed E-state index contributed by atoms with van der Waals surface area (Å²) in [6.45, 7) is 1.19. The number of carbonyl (C=O) groups is 1. The zero-order valence-corrected chi connectivity index (χ0v) is 11.3. The van der Waals surface area contributed by atoms with Crippen LogP contribution < -0.4 is 5.73 Å². The molecule has 0 aliphatic heterocycles. The third-order valence-electron chi connectivity index (χ3n) is 3.06. The number of nitrogens with two attached hydrogens (primary N) is 1. The summed E-state index contributed by atoms with van der Waals surface area (Å²) >= 11 is 0. The number of rotatable bonds is 5. The average Bonchev–Trinajstić information content (AvgIpc) is 2.31. The Morgan fingerprint density at radius 2 is 1.88 bits per heavy atom. The molecular weight excluding hydrogens is 246 g/mol. The van der Waals surface area contributed by atoms with E-state index in [1.165, 1.54) is 7.11 Å². The number of halogens is 1. The molecule has 0 saturated heterocycles. The first-order valence-corrected chi connectivity index (χ1v) is 5.60. The Morgan fingerprint density at radius 1 is 1.29 bits per heavy atom. The summed E-state index contributed by atoms with van der Waals surface area (Å²) < 4.78 is 15.2. The van der Waals surface area contributed by atoms with Crippen molar-refractivity contribution < 1.29 is 19.0 Å². The largest absolute Gasteiger partial charge is 0.468 e. The lowest BCUT2D eigenvalue weighted by Crippen LogP contribution is -2.52. The normalized spacial score (nSPS) is 28.3. The van der Waals surface area contributed by atoms with Gasteiger partial charge < -0.3 is 19.9 Å². The summed E-state index contributed by atoms with van der Waals surface area (Å²) in [7, 11) is 3.02. The van der Waals surface area contributed by atoms with Crippen molar-refractivity contribution in [1.82, 2.24) is 0 Å². The van der Waals surface area contributed by atoms with Crippen LogP contribution in [0.1, 0.15) is 25.7 Å². The van der Waals surface area contributed by atoms with E-state index in [9.17, 15) is 4.79 Å². The minimum atomic E-state index is -0.810. The number of methoxy groups -OCH3 is 2. The molecule has 5 nitrogen and oxygen atoms in total. The second kappa shape index (κ2) is 7.87. The second-order valence-corrected chi connectivity index (χ2v) is 4.21. The molecule has 1 aliphatic carbocycles. The molecule has 0 heterocycles. The standard InChI is InChI=1S/C11H21NO4.ClH/c1-14-7-8-16-9-3-5-11(12,6-4-9)10(13)15-2;/h9H,3-8,12H2,1-2H3;1H. The van der Waals surface area contributed by atoms with Crippen molar-refractivity contribution in [3.63, 3.8) is 0 Å². The summed E-state index contributed by atoms with van der Waals surface area (Å²) in [5.41, 5.74) is 5.17. The maximum absolute atomic E-state index is 11.4. The highest BCUT2D eigenvalue weighted by Crippen LogP contribution is 2.28. The highest BCUT2D eigenvalue weighted by atomic mass is 35.5. The number of ether oxygens (including phenoxy) is 3. The summed E-state index contributed by atoms with van der Waals surface area (Å²) in [4.78, 5) is 11.4. The molecule has 0 aromatic rings. The maximum atomic E-state index is 11.4. The van der Waals surface area contributed by atoms with Crippen molar-refractivity contribution in [2.24, 2.45) is 5.73 Å². The smallest absolute Gasteiger partial charge is 0.325 e. The van der Waals surface area contributed by atoms with E-state index in [-0.39, 0.29) is 24.5 Å². The average molecular weight is 268 g/mol. The minimum Gasteiger partial charge on any atom is -0.468 e. The van der Waals surface area contributed by atoms with Crippen molar-refractivity contribution in [3.8, 4) is 0 Å². The molecule has 6 heteroatoms. The van der Waals surface area contributed by atoms with Gasteiger partial charge in [0.2, 0.25) is 0 Å². The van der Waals surface area contributed by atoms with E-state index in [1.807, 2.05) is 0 Å². The fraction of sp³-hybridized carbons (Fsp3) is 0.909. The monoisotopic (exact) mass is 267 g/mol. The van der Waals surface area contributed by atoms with Crippen LogP contribution in [0, 0.1) is 0 Å². The topological polar surface area (TPSA) is 70.8 Å². The van der Waals surface area contributed by atoms with Gasteiger partial charge in [-0.3, -0.25) is 4.79 Å². The van der Waals surface area contributed by atoms with Crippen LogP contribution in [0.3, 0.4) is 0 Å². The molecule has 1 saturated carbocycles. The molecule has 0 bridgehead atoms. The van der Waals surface area contributed by atoms with Gasteiger partial charge in [-0.05, 0) is 25.7 Å². The number of esters is 1. The van der Waals surface area contributed by atoms with E-state index >= 15 is 0 Å². The highest BCUT2D eigenvalue weighted by molar-refractivity contribution is 5.85. The number of carbonyl (C=O) groups excluding carboxylic acids is 1. The number of hydrogen-bond acceptors (Lipinski definition) is 5.